The maximum Gasteiger partial charge on any atom is 0.0452 e. The lowest BCUT2D eigenvalue weighted by molar-refractivity contribution is 1.10. The van der Waals surface area contributed by atoms with Gasteiger partial charge in [-0.15, -0.1) is 0 Å². The molecule has 0 unspecified atom stereocenters. The molecular formula is C11H11N. The van der Waals surface area contributed by atoms with Crippen molar-refractivity contribution in [2.45, 2.75) is 18.8 Å². The van der Waals surface area contributed by atoms with Crippen LogP contribution in [0.15, 0.2) is 36.7 Å². The summed E-state index contributed by atoms with van der Waals surface area (Å²) in [6.45, 7) is 0. The highest BCUT2D eigenvalue weighted by Gasteiger charge is 2.24. The molecule has 2 heterocycles. The second kappa shape index (κ2) is 2.13. The van der Waals surface area contributed by atoms with Gasteiger partial charge in [-0.1, -0.05) is 6.07 Å². The van der Waals surface area contributed by atoms with E-state index in [0.29, 0.717) is 0 Å². The molecule has 0 aromatic carbocycles. The van der Waals surface area contributed by atoms with Crippen molar-refractivity contribution in [2.24, 2.45) is 0 Å². The van der Waals surface area contributed by atoms with Crippen LogP contribution in [-0.2, 0) is 0 Å². The molecule has 0 atom stereocenters. The first-order valence-electron chi connectivity index (χ1n) is 4.50. The van der Waals surface area contributed by atoms with Gasteiger partial charge in [0, 0.05) is 17.9 Å². The zero-order chi connectivity index (χ0) is 7.97. The normalized spacial score (nSPS) is 17.0. The van der Waals surface area contributed by atoms with Gasteiger partial charge < -0.3 is 4.40 Å². The summed E-state index contributed by atoms with van der Waals surface area (Å²) >= 11 is 0. The Morgan fingerprint density at radius 3 is 2.92 bits per heavy atom. The zero-order valence-electron chi connectivity index (χ0n) is 6.90. The smallest absolute Gasteiger partial charge is 0.0452 e. The predicted molar refractivity (Wildman–Crippen MR) is 49.4 cm³/mol. The number of rotatable bonds is 1. The lowest BCUT2D eigenvalue weighted by atomic mass is 10.2. The molecule has 2 aromatic rings. The molecule has 1 aliphatic rings. The Morgan fingerprint density at radius 1 is 1.25 bits per heavy atom. The quantitative estimate of drug-likeness (QED) is 0.599. The van der Waals surface area contributed by atoms with E-state index < -0.39 is 0 Å². The molecule has 0 radical (unpaired) electrons. The Labute approximate surface area is 71.6 Å². The highest BCUT2D eigenvalue weighted by molar-refractivity contribution is 5.51. The van der Waals surface area contributed by atoms with Crippen LogP contribution in [0.3, 0.4) is 0 Å². The largest absolute Gasteiger partial charge is 0.324 e. The van der Waals surface area contributed by atoms with Gasteiger partial charge in [0.25, 0.3) is 0 Å². The second-order valence-corrected chi connectivity index (χ2v) is 3.58. The van der Waals surface area contributed by atoms with Gasteiger partial charge in [-0.05, 0) is 42.5 Å². The SMILES string of the molecule is c1ccn2cc(C3CC3)cc2c1. The van der Waals surface area contributed by atoms with Gasteiger partial charge in [-0.25, -0.2) is 0 Å². The Balaban J connectivity index is 2.23. The molecule has 12 heavy (non-hydrogen) atoms. The first kappa shape index (κ1) is 6.30. The fourth-order valence-electron chi connectivity index (χ4n) is 1.72. The van der Waals surface area contributed by atoms with Gasteiger partial charge in [-0.3, -0.25) is 0 Å². The summed E-state index contributed by atoms with van der Waals surface area (Å²) in [5.41, 5.74) is 2.83. The third kappa shape index (κ3) is 0.860. The van der Waals surface area contributed by atoms with E-state index >= 15 is 0 Å². The minimum Gasteiger partial charge on any atom is -0.324 e. The summed E-state index contributed by atoms with van der Waals surface area (Å²) in [4.78, 5) is 0. The number of aromatic nitrogens is 1. The molecular weight excluding hydrogens is 146 g/mol. The van der Waals surface area contributed by atoms with Gasteiger partial charge >= 0.3 is 0 Å². The Hall–Kier alpha value is -1.24. The summed E-state index contributed by atoms with van der Waals surface area (Å²) in [6.07, 6.45) is 7.14. The molecule has 0 aliphatic heterocycles. The summed E-state index contributed by atoms with van der Waals surface area (Å²) in [6, 6.07) is 8.62. The van der Waals surface area contributed by atoms with Crippen molar-refractivity contribution in [3.63, 3.8) is 0 Å². The minimum absolute atomic E-state index is 0.866. The first-order valence-corrected chi connectivity index (χ1v) is 4.50. The highest BCUT2D eigenvalue weighted by atomic mass is 14.9. The van der Waals surface area contributed by atoms with Gasteiger partial charge in [-0.2, -0.15) is 0 Å². The Morgan fingerprint density at radius 2 is 2.17 bits per heavy atom. The molecule has 0 amide bonds. The summed E-state index contributed by atoms with van der Waals surface area (Å²) < 4.78 is 2.20. The van der Waals surface area contributed by atoms with Crippen LogP contribution in [-0.4, -0.2) is 4.40 Å². The number of hydrogen-bond donors (Lipinski definition) is 0. The molecule has 60 valence electrons. The van der Waals surface area contributed by atoms with Crippen LogP contribution in [0.1, 0.15) is 24.3 Å². The molecule has 1 saturated carbocycles. The van der Waals surface area contributed by atoms with Crippen molar-refractivity contribution in [1.29, 1.82) is 0 Å². The average molecular weight is 157 g/mol. The van der Waals surface area contributed by atoms with E-state index in [0.717, 1.165) is 5.92 Å². The molecule has 2 aromatic heterocycles. The molecule has 1 aliphatic carbocycles. The average Bonchev–Trinajstić information content (AvgIpc) is 2.85. The van der Waals surface area contributed by atoms with E-state index in [9.17, 15) is 0 Å². The van der Waals surface area contributed by atoms with Crippen LogP contribution in [0.2, 0.25) is 0 Å². The van der Waals surface area contributed by atoms with E-state index in [1.807, 2.05) is 0 Å². The molecule has 0 bridgehead atoms. The summed E-state index contributed by atoms with van der Waals surface area (Å²) in [5.74, 6) is 0.866. The number of fused-ring (bicyclic) bond motifs is 1. The lowest BCUT2D eigenvalue weighted by Crippen LogP contribution is -1.76. The monoisotopic (exact) mass is 157 g/mol. The fourth-order valence-corrected chi connectivity index (χ4v) is 1.72. The standard InChI is InChI=1S/C11H11N/c1-2-6-12-8-10(9-4-5-9)7-11(12)3-1/h1-3,6-9H,4-5H2. The molecule has 1 nitrogen and oxygen atoms in total. The van der Waals surface area contributed by atoms with Crippen molar-refractivity contribution >= 4 is 5.52 Å². The second-order valence-electron chi connectivity index (χ2n) is 3.58. The van der Waals surface area contributed by atoms with E-state index in [1.165, 1.54) is 23.9 Å². The van der Waals surface area contributed by atoms with Gasteiger partial charge in [0.05, 0.1) is 0 Å². The molecule has 0 spiro atoms. The molecule has 0 saturated heterocycles. The molecule has 0 N–H and O–H groups in total. The van der Waals surface area contributed by atoms with Crippen molar-refractivity contribution < 1.29 is 0 Å². The Kier molecular flexibility index (Phi) is 1.12. The van der Waals surface area contributed by atoms with Gasteiger partial charge in [0.15, 0.2) is 0 Å². The van der Waals surface area contributed by atoms with Crippen molar-refractivity contribution in [3.05, 3.63) is 42.2 Å². The van der Waals surface area contributed by atoms with Crippen LogP contribution in [0, 0.1) is 0 Å². The Bertz CT molecular complexity index is 377. The van der Waals surface area contributed by atoms with Gasteiger partial charge in [0.2, 0.25) is 0 Å². The van der Waals surface area contributed by atoms with Crippen LogP contribution in [0.5, 0.6) is 0 Å². The molecule has 1 fully saturated rings. The van der Waals surface area contributed by atoms with Gasteiger partial charge in [0.1, 0.15) is 0 Å². The summed E-state index contributed by atoms with van der Waals surface area (Å²) in [7, 11) is 0. The van der Waals surface area contributed by atoms with E-state index in [4.69, 9.17) is 0 Å². The predicted octanol–water partition coefficient (Wildman–Crippen LogP) is 2.82. The number of pyridine rings is 1. The third-order valence-electron chi connectivity index (χ3n) is 2.57. The van der Waals surface area contributed by atoms with Crippen LogP contribution in [0.25, 0.3) is 5.52 Å². The highest BCUT2D eigenvalue weighted by Crippen LogP contribution is 2.40. The maximum atomic E-state index is 2.30. The van der Waals surface area contributed by atoms with Crippen molar-refractivity contribution in [2.75, 3.05) is 0 Å². The van der Waals surface area contributed by atoms with Crippen molar-refractivity contribution in [1.82, 2.24) is 4.40 Å². The number of nitrogens with zero attached hydrogens (tertiary/aromatic N) is 1. The molecule has 1 heteroatoms. The van der Waals surface area contributed by atoms with Crippen molar-refractivity contribution in [3.8, 4) is 0 Å². The van der Waals surface area contributed by atoms with E-state index in [1.54, 1.807) is 0 Å². The third-order valence-corrected chi connectivity index (χ3v) is 2.57. The lowest BCUT2D eigenvalue weighted by Gasteiger charge is -1.89. The van der Waals surface area contributed by atoms with Crippen LogP contribution >= 0.6 is 0 Å². The van der Waals surface area contributed by atoms with E-state index in [2.05, 4.69) is 41.1 Å². The first-order chi connectivity index (χ1) is 5.93. The number of hydrogen-bond acceptors (Lipinski definition) is 0. The van der Waals surface area contributed by atoms with E-state index in [-0.39, 0.29) is 0 Å². The molecule has 3 rings (SSSR count). The van der Waals surface area contributed by atoms with Crippen LogP contribution in [0.4, 0.5) is 0 Å². The minimum atomic E-state index is 0.866. The fraction of sp³-hybridized carbons (Fsp3) is 0.273. The zero-order valence-corrected chi connectivity index (χ0v) is 6.90. The maximum absolute atomic E-state index is 2.30. The summed E-state index contributed by atoms with van der Waals surface area (Å²) in [5, 5.41) is 0. The van der Waals surface area contributed by atoms with Crippen LogP contribution < -0.4 is 0 Å². The topological polar surface area (TPSA) is 4.41 Å².